The fourth-order valence-corrected chi connectivity index (χ4v) is 10.2. The summed E-state index contributed by atoms with van der Waals surface area (Å²) in [5, 5.41) is 28.4. The molecule has 8 rings (SSSR count). The van der Waals surface area contributed by atoms with Crippen LogP contribution in [0.3, 0.4) is 0 Å². The van der Waals surface area contributed by atoms with Gasteiger partial charge in [0.05, 0.1) is 47.8 Å². The second-order valence-corrected chi connectivity index (χ2v) is 23.5. The van der Waals surface area contributed by atoms with Gasteiger partial charge in [0.15, 0.2) is 8.32 Å². The highest BCUT2D eigenvalue weighted by Gasteiger charge is 2.42. The summed E-state index contributed by atoms with van der Waals surface area (Å²) in [5.41, 5.74) is 5.43. The Morgan fingerprint density at radius 1 is 1.02 bits per heavy atom. The van der Waals surface area contributed by atoms with Crippen molar-refractivity contribution in [3.05, 3.63) is 117 Å². The van der Waals surface area contributed by atoms with Gasteiger partial charge in [-0.3, -0.25) is 15.0 Å². The Labute approximate surface area is 380 Å². The molecule has 2 amide bonds. The zero-order valence-electron chi connectivity index (χ0n) is 37.5. The molecule has 15 heteroatoms. The van der Waals surface area contributed by atoms with Crippen molar-refractivity contribution in [3.8, 4) is 22.6 Å². The highest BCUT2D eigenvalue weighted by Crippen LogP contribution is 2.42. The number of nitrogens with one attached hydrogen (secondary N) is 3. The van der Waals surface area contributed by atoms with Gasteiger partial charge in [-0.2, -0.15) is 0 Å². The molecular weight excluding hydrogens is 850 g/mol. The first-order chi connectivity index (χ1) is 30.5. The molecule has 3 fully saturated rings. The molecule has 2 bridgehead atoms. The largest absolute Gasteiger partial charge is 0.506 e. The molecule has 5 N–H and O–H groups in total. The molecule has 64 heavy (non-hydrogen) atoms. The van der Waals surface area contributed by atoms with Gasteiger partial charge in [-0.25, -0.2) is 9.59 Å². The topological polar surface area (TPSA) is 166 Å². The number of aromatic amines is 1. The van der Waals surface area contributed by atoms with E-state index >= 15 is 0 Å². The molecule has 3 aliphatic heterocycles. The highest BCUT2D eigenvalue weighted by molar-refractivity contribution is 6.74. The van der Waals surface area contributed by atoms with Gasteiger partial charge in [0.25, 0.3) is 0 Å². The van der Waals surface area contributed by atoms with E-state index in [1.165, 1.54) is 6.07 Å². The number of fused-ring (bicyclic) bond motifs is 4. The molecule has 4 heterocycles. The number of aromatic nitrogens is 1. The number of aryl methyl sites for hydroxylation is 1. The van der Waals surface area contributed by atoms with Crippen LogP contribution < -0.4 is 25.8 Å². The van der Waals surface area contributed by atoms with E-state index < -0.39 is 26.6 Å². The van der Waals surface area contributed by atoms with E-state index in [9.17, 15) is 24.6 Å². The second kappa shape index (κ2) is 19.8. The first kappa shape index (κ1) is 46.6. The number of carboxylic acid groups (broad SMARTS) is 1. The van der Waals surface area contributed by atoms with E-state index in [0.29, 0.717) is 64.9 Å². The molecule has 340 valence electrons. The zero-order chi connectivity index (χ0) is 45.8. The number of amides is 2. The van der Waals surface area contributed by atoms with Gasteiger partial charge in [0, 0.05) is 48.3 Å². The fourth-order valence-electron chi connectivity index (χ4n) is 8.67. The standard InChI is InChI=1S/C49H60ClN5O8Si/c1-49(2,3)64(5,6)63-44(36-16-18-42(56)46-37(36)17-19-45(57)53-46)29-51-28-34-26-38(50)39(27-43(34)61-4)52-47(58)62-24-10-11-31-14-15-35(32-12-8-7-9-13-32)40(25-31)55(48(59)60)41-30-54-22-20-33(41)21-23-54/h7-9,12-19,25-27,33,41,44,51,56H,10-11,20-24,28-30H2,1-6H3,(H,52,58)(H,53,57)(H,59,60)/t41?,44-/m0/s1. The van der Waals surface area contributed by atoms with Gasteiger partial charge in [-0.1, -0.05) is 80.9 Å². The summed E-state index contributed by atoms with van der Waals surface area (Å²) in [6, 6.07) is 25.7. The number of aromatic hydroxyl groups is 1. The lowest BCUT2D eigenvalue weighted by Crippen LogP contribution is -2.59. The molecule has 3 saturated heterocycles. The van der Waals surface area contributed by atoms with Crippen LogP contribution in [0.4, 0.5) is 21.0 Å². The van der Waals surface area contributed by atoms with Crippen LogP contribution >= 0.6 is 11.6 Å². The summed E-state index contributed by atoms with van der Waals surface area (Å²) in [7, 11) is -0.751. The fraction of sp³-hybridized carbons (Fsp3) is 0.408. The normalized spacial score (nSPS) is 17.8. The number of phenols is 1. The number of hydrogen-bond acceptors (Lipinski definition) is 9. The Kier molecular flexibility index (Phi) is 14.4. The molecule has 13 nitrogen and oxygen atoms in total. The number of methoxy groups -OCH3 is 1. The van der Waals surface area contributed by atoms with E-state index in [1.54, 1.807) is 36.3 Å². The zero-order valence-corrected chi connectivity index (χ0v) is 39.3. The van der Waals surface area contributed by atoms with Crippen LogP contribution in [0.2, 0.25) is 23.2 Å². The Balaban J connectivity index is 0.988. The molecule has 0 spiro atoms. The van der Waals surface area contributed by atoms with Gasteiger partial charge in [0.2, 0.25) is 5.56 Å². The number of benzene rings is 4. The predicted octanol–water partition coefficient (Wildman–Crippen LogP) is 10.2. The van der Waals surface area contributed by atoms with Crippen LogP contribution in [0.15, 0.2) is 89.7 Å². The molecule has 1 unspecified atom stereocenters. The lowest BCUT2D eigenvalue weighted by atomic mass is 9.82. The molecule has 2 atom stereocenters. The Hall–Kier alpha value is -5.38. The molecule has 0 radical (unpaired) electrons. The first-order valence-corrected chi connectivity index (χ1v) is 25.3. The Bertz CT molecular complexity index is 2520. The second-order valence-electron chi connectivity index (χ2n) is 18.4. The number of ether oxygens (including phenoxy) is 2. The lowest BCUT2D eigenvalue weighted by Gasteiger charge is -2.48. The summed E-state index contributed by atoms with van der Waals surface area (Å²) in [4.78, 5) is 44.9. The monoisotopic (exact) mass is 909 g/mol. The molecule has 4 aromatic carbocycles. The quantitative estimate of drug-likeness (QED) is 0.0475. The summed E-state index contributed by atoms with van der Waals surface area (Å²) < 4.78 is 18.3. The maximum Gasteiger partial charge on any atom is 0.412 e. The van der Waals surface area contributed by atoms with Crippen molar-refractivity contribution in [2.24, 2.45) is 5.92 Å². The van der Waals surface area contributed by atoms with E-state index in [-0.39, 0.29) is 29.0 Å². The minimum atomic E-state index is -2.30. The Morgan fingerprint density at radius 2 is 1.77 bits per heavy atom. The van der Waals surface area contributed by atoms with Gasteiger partial charge >= 0.3 is 12.2 Å². The molecule has 0 aliphatic carbocycles. The van der Waals surface area contributed by atoms with Crippen molar-refractivity contribution in [2.45, 2.75) is 83.3 Å². The van der Waals surface area contributed by atoms with Gasteiger partial charge in [-0.15, -0.1) is 0 Å². The lowest BCUT2D eigenvalue weighted by molar-refractivity contribution is 0.0837. The van der Waals surface area contributed by atoms with Crippen LogP contribution in [0.5, 0.6) is 11.5 Å². The van der Waals surface area contributed by atoms with Crippen LogP contribution in [-0.2, 0) is 22.1 Å². The van der Waals surface area contributed by atoms with Gasteiger partial charge < -0.3 is 39.3 Å². The van der Waals surface area contributed by atoms with E-state index in [4.69, 9.17) is 25.5 Å². The summed E-state index contributed by atoms with van der Waals surface area (Å²) in [6.45, 7) is 14.5. The summed E-state index contributed by atoms with van der Waals surface area (Å²) >= 11 is 6.73. The van der Waals surface area contributed by atoms with Crippen molar-refractivity contribution in [3.63, 3.8) is 0 Å². The van der Waals surface area contributed by atoms with Crippen molar-refractivity contribution < 1.29 is 33.7 Å². The summed E-state index contributed by atoms with van der Waals surface area (Å²) in [6.07, 6.45) is 1.05. The number of phenolic OH excluding ortho intramolecular Hbond substituents is 1. The molecule has 5 aromatic rings. The summed E-state index contributed by atoms with van der Waals surface area (Å²) in [5.74, 6) is 0.808. The van der Waals surface area contributed by atoms with E-state index in [2.05, 4.69) is 54.4 Å². The van der Waals surface area contributed by atoms with Crippen LogP contribution in [0, 0.1) is 5.92 Å². The van der Waals surface area contributed by atoms with Gasteiger partial charge in [0.1, 0.15) is 11.5 Å². The molecule has 3 aliphatic rings. The third kappa shape index (κ3) is 10.6. The molecular formula is C49H60ClN5O8Si. The van der Waals surface area contributed by atoms with Crippen molar-refractivity contribution in [1.29, 1.82) is 0 Å². The Morgan fingerprint density at radius 3 is 2.44 bits per heavy atom. The number of anilines is 2. The average molecular weight is 911 g/mol. The minimum Gasteiger partial charge on any atom is -0.506 e. The first-order valence-electron chi connectivity index (χ1n) is 22.0. The number of carbonyl (C=O) groups excluding carboxylic acids is 1. The average Bonchev–Trinajstić information content (AvgIpc) is 3.26. The number of piperidine rings is 3. The highest BCUT2D eigenvalue weighted by atomic mass is 35.5. The predicted molar refractivity (Wildman–Crippen MR) is 256 cm³/mol. The SMILES string of the molecule is COc1cc(NC(=O)OCCCc2ccc(-c3ccccc3)c(N(C(=O)O)C3CN4CCC3CC4)c2)c(Cl)cc1CNC[C@H](O[Si](C)(C)C(C)(C)C)c1ccc(O)c2[nH]c(=O)ccc12. The maximum atomic E-state index is 13.1. The van der Waals surface area contributed by atoms with Gasteiger partial charge in [-0.05, 0) is 104 Å². The number of carbonyl (C=O) groups is 2. The number of halogens is 1. The maximum absolute atomic E-state index is 13.1. The van der Waals surface area contributed by atoms with Crippen molar-refractivity contribution in [2.75, 3.05) is 50.1 Å². The van der Waals surface area contributed by atoms with Crippen LogP contribution in [0.1, 0.15) is 62.8 Å². The van der Waals surface area contributed by atoms with Crippen LogP contribution in [-0.4, -0.2) is 86.5 Å². The third-order valence-corrected chi connectivity index (χ3v) is 18.0. The number of H-pyrrole nitrogens is 1. The third-order valence-electron chi connectivity index (χ3n) is 13.2. The van der Waals surface area contributed by atoms with E-state index in [1.807, 2.05) is 54.6 Å². The number of pyridine rings is 1. The number of hydrogen-bond donors (Lipinski definition) is 5. The smallest absolute Gasteiger partial charge is 0.412 e. The van der Waals surface area contributed by atoms with E-state index in [0.717, 1.165) is 60.3 Å². The number of nitrogens with zero attached hydrogens (tertiary/aromatic N) is 2. The number of rotatable bonds is 16. The minimum absolute atomic E-state index is 0.0171. The van der Waals surface area contributed by atoms with Crippen molar-refractivity contribution >= 4 is 54.4 Å². The van der Waals surface area contributed by atoms with Crippen LogP contribution in [0.25, 0.3) is 22.0 Å². The molecule has 0 saturated carbocycles. The molecule has 1 aromatic heterocycles. The van der Waals surface area contributed by atoms with Crippen molar-refractivity contribution in [1.82, 2.24) is 15.2 Å².